The van der Waals surface area contributed by atoms with Gasteiger partial charge in [-0.25, -0.2) is 13.2 Å². The molecule has 2 aromatic rings. The van der Waals surface area contributed by atoms with E-state index in [-0.39, 0.29) is 17.1 Å². The largest absolute Gasteiger partial charge is 0.478 e. The summed E-state index contributed by atoms with van der Waals surface area (Å²) in [5.74, 6) is -1.44. The van der Waals surface area contributed by atoms with Gasteiger partial charge in [-0.05, 0) is 48.9 Å². The normalized spacial score (nSPS) is 11.0. The molecule has 0 spiro atoms. The average Bonchev–Trinajstić information content (AvgIpc) is 2.47. The molecule has 2 rings (SSSR count). The first-order chi connectivity index (χ1) is 10.8. The Morgan fingerprint density at radius 2 is 1.48 bits per heavy atom. The third-order valence-electron chi connectivity index (χ3n) is 3.12. The van der Waals surface area contributed by atoms with Crippen molar-refractivity contribution >= 4 is 27.5 Å². The van der Waals surface area contributed by atoms with E-state index in [2.05, 4.69) is 4.72 Å². The van der Waals surface area contributed by atoms with Crippen LogP contribution in [0.25, 0.3) is 0 Å². The molecule has 0 bridgehead atoms. The van der Waals surface area contributed by atoms with E-state index in [9.17, 15) is 18.0 Å². The maximum atomic E-state index is 12.1. The van der Waals surface area contributed by atoms with E-state index in [1.165, 1.54) is 43.3 Å². The number of carbonyl (C=O) groups excluding carboxylic acids is 1. The maximum absolute atomic E-state index is 12.1. The van der Waals surface area contributed by atoms with Gasteiger partial charge in [0.2, 0.25) is 10.0 Å². The lowest BCUT2D eigenvalue weighted by atomic mass is 10.1. The van der Waals surface area contributed by atoms with Gasteiger partial charge in [0.15, 0.2) is 5.78 Å². The quantitative estimate of drug-likeness (QED) is 0.791. The van der Waals surface area contributed by atoms with Gasteiger partial charge in [0.05, 0.1) is 11.3 Å². The zero-order chi connectivity index (χ0) is 17.0. The molecular weight excluding hydrogens is 318 g/mol. The number of nitrogens with one attached hydrogen (secondary N) is 1. The molecule has 2 N–H and O–H groups in total. The first kappa shape index (κ1) is 16.7. The fourth-order valence-electron chi connectivity index (χ4n) is 1.95. The summed E-state index contributed by atoms with van der Waals surface area (Å²) < 4.78 is 26.6. The van der Waals surface area contributed by atoms with E-state index >= 15 is 0 Å². The maximum Gasteiger partial charge on any atom is 0.335 e. The van der Waals surface area contributed by atoms with Crippen molar-refractivity contribution in [3.05, 3.63) is 65.2 Å². The summed E-state index contributed by atoms with van der Waals surface area (Å²) in [6.45, 7) is 1.43. The summed E-state index contributed by atoms with van der Waals surface area (Å²) in [6, 6.07) is 11.8. The highest BCUT2D eigenvalue weighted by Gasteiger charge is 2.13. The molecule has 0 aromatic heterocycles. The summed E-state index contributed by atoms with van der Waals surface area (Å²) in [6.07, 6.45) is 0. The number of carboxylic acids is 1. The lowest BCUT2D eigenvalue weighted by Gasteiger charge is -2.09. The lowest BCUT2D eigenvalue weighted by molar-refractivity contribution is 0.0696. The number of sulfonamides is 1. The topological polar surface area (TPSA) is 101 Å². The number of anilines is 1. The minimum absolute atomic E-state index is 0.0962. The molecule has 0 heterocycles. The second-order valence-corrected chi connectivity index (χ2v) is 6.72. The van der Waals surface area contributed by atoms with Crippen molar-refractivity contribution in [2.24, 2.45) is 0 Å². The van der Waals surface area contributed by atoms with Crippen molar-refractivity contribution in [2.75, 3.05) is 4.72 Å². The predicted molar refractivity (Wildman–Crippen MR) is 86.1 cm³/mol. The monoisotopic (exact) mass is 333 g/mol. The number of benzene rings is 2. The number of carboxylic acid groups (broad SMARTS) is 1. The lowest BCUT2D eigenvalue weighted by Crippen LogP contribution is -2.15. The number of Topliss-reactive ketones (excluding diaryl/α,β-unsaturated/α-hetero) is 1. The Balaban J connectivity index is 2.09. The van der Waals surface area contributed by atoms with Gasteiger partial charge in [0.25, 0.3) is 0 Å². The zero-order valence-corrected chi connectivity index (χ0v) is 13.1. The molecule has 0 fully saturated rings. The first-order valence-electron chi connectivity index (χ1n) is 6.70. The van der Waals surface area contributed by atoms with Crippen LogP contribution in [0.4, 0.5) is 5.69 Å². The summed E-state index contributed by atoms with van der Waals surface area (Å²) >= 11 is 0. The van der Waals surface area contributed by atoms with Crippen LogP contribution in [0.5, 0.6) is 0 Å². The molecule has 0 aliphatic heterocycles. The zero-order valence-electron chi connectivity index (χ0n) is 12.3. The summed E-state index contributed by atoms with van der Waals surface area (Å²) in [7, 11) is -3.64. The van der Waals surface area contributed by atoms with Crippen LogP contribution in [0.15, 0.2) is 48.5 Å². The van der Waals surface area contributed by atoms with Gasteiger partial charge < -0.3 is 5.11 Å². The highest BCUT2D eigenvalue weighted by molar-refractivity contribution is 7.91. The number of carbonyl (C=O) groups is 2. The first-order valence-corrected chi connectivity index (χ1v) is 8.36. The molecule has 120 valence electrons. The Morgan fingerprint density at radius 1 is 0.957 bits per heavy atom. The van der Waals surface area contributed by atoms with Crippen molar-refractivity contribution < 1.29 is 23.1 Å². The Kier molecular flexibility index (Phi) is 4.80. The molecule has 2 aromatic carbocycles. The smallest absolute Gasteiger partial charge is 0.335 e. The second kappa shape index (κ2) is 6.62. The third kappa shape index (κ3) is 4.65. The van der Waals surface area contributed by atoms with Crippen LogP contribution in [0, 0.1) is 0 Å². The predicted octanol–water partition coefficient (Wildman–Crippen LogP) is 2.53. The van der Waals surface area contributed by atoms with E-state index in [0.29, 0.717) is 16.8 Å². The highest BCUT2D eigenvalue weighted by Crippen LogP contribution is 2.15. The Labute approximate surface area is 133 Å². The fourth-order valence-corrected chi connectivity index (χ4v) is 3.15. The van der Waals surface area contributed by atoms with E-state index in [1.807, 2.05) is 0 Å². The van der Waals surface area contributed by atoms with Crippen molar-refractivity contribution in [1.29, 1.82) is 0 Å². The van der Waals surface area contributed by atoms with Crippen LogP contribution in [0.2, 0.25) is 0 Å². The molecule has 0 unspecified atom stereocenters. The Hall–Kier alpha value is -2.67. The Morgan fingerprint density at radius 3 is 1.96 bits per heavy atom. The fraction of sp³-hybridized carbons (Fsp3) is 0.125. The van der Waals surface area contributed by atoms with Crippen molar-refractivity contribution in [1.82, 2.24) is 0 Å². The Bertz CT molecular complexity index is 758. The van der Waals surface area contributed by atoms with Crippen LogP contribution < -0.4 is 4.72 Å². The van der Waals surface area contributed by atoms with Crippen molar-refractivity contribution in [2.45, 2.75) is 12.7 Å². The minimum Gasteiger partial charge on any atom is -0.478 e. The van der Waals surface area contributed by atoms with Crippen LogP contribution >= 0.6 is 0 Å². The average molecular weight is 333 g/mol. The van der Waals surface area contributed by atoms with Gasteiger partial charge >= 0.3 is 5.97 Å². The van der Waals surface area contributed by atoms with Gasteiger partial charge in [-0.2, -0.15) is 0 Å². The third-order valence-corrected chi connectivity index (χ3v) is 4.38. The van der Waals surface area contributed by atoms with E-state index in [0.717, 1.165) is 0 Å². The molecule has 0 saturated heterocycles. The number of aromatic carboxylic acids is 1. The van der Waals surface area contributed by atoms with Gasteiger partial charge in [-0.1, -0.05) is 12.1 Å². The molecule has 0 saturated carbocycles. The number of rotatable bonds is 6. The van der Waals surface area contributed by atoms with Gasteiger partial charge in [0, 0.05) is 11.3 Å². The molecule has 0 aliphatic carbocycles. The molecule has 23 heavy (non-hydrogen) atoms. The molecular formula is C16H15NO5S. The molecule has 0 radical (unpaired) electrons. The van der Waals surface area contributed by atoms with E-state index in [1.54, 1.807) is 12.1 Å². The molecule has 0 amide bonds. The number of hydrogen-bond acceptors (Lipinski definition) is 4. The van der Waals surface area contributed by atoms with E-state index < -0.39 is 16.0 Å². The SMILES string of the molecule is CC(=O)c1ccc(NS(=O)(=O)Cc2ccc(C(=O)O)cc2)cc1. The molecule has 0 atom stereocenters. The second-order valence-electron chi connectivity index (χ2n) is 5.00. The minimum atomic E-state index is -3.64. The number of ketones is 1. The summed E-state index contributed by atoms with van der Waals surface area (Å²) in [4.78, 5) is 21.9. The standard InChI is InChI=1S/C16H15NO5S/c1-11(18)13-6-8-15(9-7-13)17-23(21,22)10-12-2-4-14(5-3-12)16(19)20/h2-9,17H,10H2,1H3,(H,19,20). The van der Waals surface area contributed by atoms with Crippen LogP contribution in [-0.2, 0) is 15.8 Å². The van der Waals surface area contributed by atoms with E-state index in [4.69, 9.17) is 5.11 Å². The van der Waals surface area contributed by atoms with Gasteiger partial charge in [-0.15, -0.1) is 0 Å². The summed E-state index contributed by atoms with van der Waals surface area (Å²) in [5.41, 5.74) is 1.43. The summed E-state index contributed by atoms with van der Waals surface area (Å²) in [5, 5.41) is 8.81. The van der Waals surface area contributed by atoms with Crippen LogP contribution in [0.3, 0.4) is 0 Å². The highest BCUT2D eigenvalue weighted by atomic mass is 32.2. The molecule has 0 aliphatic rings. The van der Waals surface area contributed by atoms with Crippen LogP contribution in [-0.4, -0.2) is 25.3 Å². The van der Waals surface area contributed by atoms with Gasteiger partial charge in [-0.3, -0.25) is 9.52 Å². The molecule has 7 heteroatoms. The van der Waals surface area contributed by atoms with Crippen molar-refractivity contribution in [3.63, 3.8) is 0 Å². The number of hydrogen-bond donors (Lipinski definition) is 2. The van der Waals surface area contributed by atoms with Gasteiger partial charge in [0.1, 0.15) is 0 Å². The van der Waals surface area contributed by atoms with Crippen LogP contribution in [0.1, 0.15) is 33.2 Å². The van der Waals surface area contributed by atoms with Crippen molar-refractivity contribution in [3.8, 4) is 0 Å². The molecule has 6 nitrogen and oxygen atoms in total.